The van der Waals surface area contributed by atoms with Crippen molar-refractivity contribution in [2.75, 3.05) is 39.8 Å². The van der Waals surface area contributed by atoms with Gasteiger partial charge < -0.3 is 15.0 Å². The lowest BCUT2D eigenvalue weighted by Gasteiger charge is -2.55. The number of hydrogen-bond acceptors (Lipinski definition) is 6. The summed E-state index contributed by atoms with van der Waals surface area (Å²) in [7, 11) is 1.66. The molecule has 2 aliphatic heterocycles. The Hall–Kier alpha value is -2.06. The third kappa shape index (κ3) is 3.23. The Labute approximate surface area is 146 Å². The van der Waals surface area contributed by atoms with E-state index in [2.05, 4.69) is 20.4 Å². The summed E-state index contributed by atoms with van der Waals surface area (Å²) in [6.45, 7) is 3.11. The lowest BCUT2D eigenvalue weighted by atomic mass is 9.89. The third-order valence-corrected chi connectivity index (χ3v) is 5.29. The molecule has 25 heavy (non-hydrogen) atoms. The quantitative estimate of drug-likeness (QED) is 0.794. The van der Waals surface area contributed by atoms with E-state index in [1.165, 1.54) is 25.2 Å². The van der Waals surface area contributed by atoms with Gasteiger partial charge in [0.1, 0.15) is 11.6 Å². The zero-order valence-electron chi connectivity index (χ0n) is 14.4. The van der Waals surface area contributed by atoms with Gasteiger partial charge in [-0.3, -0.25) is 14.5 Å². The minimum atomic E-state index is -0.352. The van der Waals surface area contributed by atoms with Gasteiger partial charge >= 0.3 is 0 Å². The molecule has 3 heterocycles. The highest BCUT2D eigenvalue weighted by Gasteiger charge is 2.52. The van der Waals surface area contributed by atoms with Gasteiger partial charge in [0.05, 0.1) is 37.7 Å². The lowest BCUT2D eigenvalue weighted by Crippen LogP contribution is -2.73. The Bertz CT molecular complexity index is 658. The van der Waals surface area contributed by atoms with Crippen LogP contribution in [0, 0.1) is 5.92 Å². The molecular formula is C17H23N5O3. The Morgan fingerprint density at radius 2 is 2.12 bits per heavy atom. The van der Waals surface area contributed by atoms with Crippen molar-refractivity contribution >= 4 is 11.8 Å². The minimum Gasteiger partial charge on any atom is -0.368 e. The molecule has 1 atom stereocenters. The van der Waals surface area contributed by atoms with Crippen LogP contribution in [0.5, 0.6) is 0 Å². The molecule has 4 rings (SSSR count). The van der Waals surface area contributed by atoms with Crippen molar-refractivity contribution in [3.8, 4) is 0 Å². The molecule has 3 aliphatic rings. The van der Waals surface area contributed by atoms with E-state index in [4.69, 9.17) is 4.74 Å². The Morgan fingerprint density at radius 3 is 2.76 bits per heavy atom. The molecule has 1 aliphatic carbocycles. The van der Waals surface area contributed by atoms with Crippen LogP contribution >= 0.6 is 0 Å². The summed E-state index contributed by atoms with van der Waals surface area (Å²) < 4.78 is 6.06. The third-order valence-electron chi connectivity index (χ3n) is 5.29. The van der Waals surface area contributed by atoms with Gasteiger partial charge in [-0.05, 0) is 24.8 Å². The molecule has 1 saturated carbocycles. The zero-order chi connectivity index (χ0) is 17.4. The van der Waals surface area contributed by atoms with Crippen molar-refractivity contribution < 1.29 is 14.3 Å². The number of amides is 2. The molecule has 1 aromatic rings. The van der Waals surface area contributed by atoms with Crippen molar-refractivity contribution in [3.05, 3.63) is 24.0 Å². The fourth-order valence-electron chi connectivity index (χ4n) is 3.70. The van der Waals surface area contributed by atoms with Gasteiger partial charge in [-0.1, -0.05) is 0 Å². The molecule has 8 nitrogen and oxygen atoms in total. The maximum absolute atomic E-state index is 12.5. The Kier molecular flexibility index (Phi) is 4.16. The van der Waals surface area contributed by atoms with Gasteiger partial charge in [0.15, 0.2) is 0 Å². The van der Waals surface area contributed by atoms with E-state index < -0.39 is 0 Å². The molecule has 1 aromatic heterocycles. The van der Waals surface area contributed by atoms with E-state index >= 15 is 0 Å². The summed E-state index contributed by atoms with van der Waals surface area (Å²) in [4.78, 5) is 28.6. The van der Waals surface area contributed by atoms with E-state index in [9.17, 15) is 9.59 Å². The number of rotatable bonds is 4. The van der Waals surface area contributed by atoms with Crippen LogP contribution in [0.4, 0.5) is 0 Å². The molecule has 134 valence electrons. The van der Waals surface area contributed by atoms with E-state index in [1.807, 2.05) is 0 Å². The molecule has 1 N–H and O–H groups in total. The number of hydrogen-bond donors (Lipinski definition) is 1. The predicted molar refractivity (Wildman–Crippen MR) is 88.8 cm³/mol. The number of likely N-dealkylation sites (N-methyl/N-ethyl adjacent to an activating group) is 1. The number of carbonyl (C=O) groups is 2. The number of nitrogens with zero attached hydrogens (tertiary/aromatic N) is 4. The number of ether oxygens (including phenoxy) is 1. The van der Waals surface area contributed by atoms with Crippen molar-refractivity contribution in [1.82, 2.24) is 25.3 Å². The lowest BCUT2D eigenvalue weighted by molar-refractivity contribution is -0.191. The highest BCUT2D eigenvalue weighted by molar-refractivity contribution is 5.94. The van der Waals surface area contributed by atoms with Crippen LogP contribution in [0.2, 0.25) is 0 Å². The maximum atomic E-state index is 12.5. The van der Waals surface area contributed by atoms with Gasteiger partial charge in [-0.15, -0.1) is 0 Å². The number of morpholine rings is 1. The van der Waals surface area contributed by atoms with Crippen LogP contribution in [-0.2, 0) is 9.53 Å². The zero-order valence-corrected chi connectivity index (χ0v) is 14.4. The van der Waals surface area contributed by atoms with Gasteiger partial charge in [0.2, 0.25) is 5.91 Å². The topological polar surface area (TPSA) is 87.7 Å². The average Bonchev–Trinajstić information content (AvgIpc) is 3.43. The molecule has 0 bridgehead atoms. The van der Waals surface area contributed by atoms with E-state index in [0.717, 1.165) is 6.54 Å². The first-order valence-corrected chi connectivity index (χ1v) is 8.76. The maximum Gasteiger partial charge on any atom is 0.255 e. The summed E-state index contributed by atoms with van der Waals surface area (Å²) in [5.74, 6) is 0.653. The minimum absolute atomic E-state index is 0.00520. The largest absolute Gasteiger partial charge is 0.368 e. The molecule has 0 aromatic carbocycles. The summed E-state index contributed by atoms with van der Waals surface area (Å²) in [5.41, 5.74) is 0.189. The van der Waals surface area contributed by atoms with Crippen molar-refractivity contribution in [1.29, 1.82) is 0 Å². The highest BCUT2D eigenvalue weighted by Crippen LogP contribution is 2.36. The summed E-state index contributed by atoms with van der Waals surface area (Å²) in [6, 6.07) is 1.44. The Morgan fingerprint density at radius 1 is 1.32 bits per heavy atom. The monoisotopic (exact) mass is 345 g/mol. The molecule has 2 amide bonds. The van der Waals surface area contributed by atoms with Crippen LogP contribution in [-0.4, -0.2) is 83.3 Å². The SMILES string of the molecule is CNC(=O)[C@@H]1COC2(CN(C(=O)c3ccnnc3)C2)CN1CC1CC1. The second-order valence-corrected chi connectivity index (χ2v) is 7.29. The summed E-state index contributed by atoms with van der Waals surface area (Å²) in [6.07, 6.45) is 5.48. The van der Waals surface area contributed by atoms with Gasteiger partial charge in [0, 0.05) is 20.1 Å². The highest BCUT2D eigenvalue weighted by atomic mass is 16.5. The van der Waals surface area contributed by atoms with Crippen molar-refractivity contribution in [2.24, 2.45) is 5.92 Å². The van der Waals surface area contributed by atoms with Crippen LogP contribution in [0.1, 0.15) is 23.2 Å². The first-order valence-electron chi connectivity index (χ1n) is 8.76. The smallest absolute Gasteiger partial charge is 0.255 e. The fraction of sp³-hybridized carbons (Fsp3) is 0.647. The summed E-state index contributed by atoms with van der Waals surface area (Å²) in [5, 5.41) is 10.2. The van der Waals surface area contributed by atoms with Crippen molar-refractivity contribution in [2.45, 2.75) is 24.5 Å². The molecule has 8 heteroatoms. The number of likely N-dealkylation sites (tertiary alicyclic amines) is 1. The second kappa shape index (κ2) is 6.34. The average molecular weight is 345 g/mol. The first-order chi connectivity index (χ1) is 12.1. The van der Waals surface area contributed by atoms with Crippen LogP contribution in [0.25, 0.3) is 0 Å². The van der Waals surface area contributed by atoms with E-state index in [0.29, 0.717) is 37.7 Å². The normalized spacial score (nSPS) is 25.5. The molecule has 0 unspecified atom stereocenters. The Balaban J connectivity index is 1.40. The first kappa shape index (κ1) is 16.4. The van der Waals surface area contributed by atoms with Gasteiger partial charge in [-0.25, -0.2) is 0 Å². The molecule has 1 spiro atoms. The number of nitrogens with one attached hydrogen (secondary N) is 1. The molecule has 3 fully saturated rings. The van der Waals surface area contributed by atoms with Crippen LogP contribution < -0.4 is 5.32 Å². The molecular weight excluding hydrogens is 322 g/mol. The predicted octanol–water partition coefficient (Wildman–Crippen LogP) is -0.472. The standard InChI is InChI=1S/C17H23N5O3/c1-18-15(23)14-8-25-17(9-21(14)7-12-2-3-12)10-22(11-17)16(24)13-4-5-19-20-6-13/h4-6,12,14H,2-3,7-11H2,1H3,(H,18,23)/t14-/m0/s1. The number of aromatic nitrogens is 2. The van der Waals surface area contributed by atoms with E-state index in [-0.39, 0.29) is 23.5 Å². The fourth-order valence-corrected chi connectivity index (χ4v) is 3.70. The summed E-state index contributed by atoms with van der Waals surface area (Å²) >= 11 is 0. The molecule has 0 radical (unpaired) electrons. The van der Waals surface area contributed by atoms with Crippen LogP contribution in [0.3, 0.4) is 0 Å². The molecule has 2 saturated heterocycles. The number of carbonyl (C=O) groups excluding carboxylic acids is 2. The van der Waals surface area contributed by atoms with Gasteiger partial charge in [-0.2, -0.15) is 10.2 Å². The van der Waals surface area contributed by atoms with Gasteiger partial charge in [0.25, 0.3) is 5.91 Å². The van der Waals surface area contributed by atoms with Crippen LogP contribution in [0.15, 0.2) is 18.5 Å². The second-order valence-electron chi connectivity index (χ2n) is 7.29. The van der Waals surface area contributed by atoms with Crippen molar-refractivity contribution in [3.63, 3.8) is 0 Å². The van der Waals surface area contributed by atoms with E-state index in [1.54, 1.807) is 18.0 Å².